The third-order valence-corrected chi connectivity index (χ3v) is 3.68. The Morgan fingerprint density at radius 2 is 1.71 bits per heavy atom. The molecule has 112 valence electrons. The van der Waals surface area contributed by atoms with Gasteiger partial charge >= 0.3 is 0 Å². The fourth-order valence-electron chi connectivity index (χ4n) is 2.40. The van der Waals surface area contributed by atoms with Crippen molar-refractivity contribution in [2.45, 2.75) is 27.3 Å². The molecular weight excluding hydrogens is 260 g/mol. The van der Waals surface area contributed by atoms with E-state index in [1.807, 2.05) is 13.8 Å². The lowest BCUT2D eigenvalue weighted by molar-refractivity contribution is 0.859. The van der Waals surface area contributed by atoms with E-state index in [1.54, 1.807) is 0 Å². The molecule has 0 aliphatic heterocycles. The number of nitrogens with zero attached hydrogens (tertiary/aromatic N) is 4. The van der Waals surface area contributed by atoms with Crippen LogP contribution in [0.1, 0.15) is 22.6 Å². The fourth-order valence-corrected chi connectivity index (χ4v) is 2.40. The zero-order valence-electron chi connectivity index (χ0n) is 13.8. The van der Waals surface area contributed by atoms with Gasteiger partial charge in [0, 0.05) is 44.6 Å². The zero-order valence-corrected chi connectivity index (χ0v) is 13.8. The molecule has 1 aromatic heterocycles. The number of aromatic nitrogens is 2. The quantitative estimate of drug-likeness (QED) is 0.863. The maximum absolute atomic E-state index is 4.59. The Bertz CT molecular complexity index is 635. The Labute approximate surface area is 127 Å². The molecule has 2 rings (SSSR count). The topological polar surface area (TPSA) is 32.3 Å². The first-order valence-corrected chi connectivity index (χ1v) is 7.17. The number of benzene rings is 1. The minimum atomic E-state index is 0.821. The second-order valence-electron chi connectivity index (χ2n) is 5.73. The Hall–Kier alpha value is -2.10. The van der Waals surface area contributed by atoms with Crippen LogP contribution in [0.25, 0.3) is 0 Å². The van der Waals surface area contributed by atoms with E-state index >= 15 is 0 Å². The van der Waals surface area contributed by atoms with Gasteiger partial charge in [-0.1, -0.05) is 12.1 Å². The van der Waals surface area contributed by atoms with Gasteiger partial charge in [0.2, 0.25) is 0 Å². The Kier molecular flexibility index (Phi) is 4.46. The van der Waals surface area contributed by atoms with Crippen LogP contribution in [0.4, 0.5) is 11.5 Å². The highest BCUT2D eigenvalue weighted by Gasteiger charge is 2.11. The molecule has 0 bridgehead atoms. The van der Waals surface area contributed by atoms with Crippen LogP contribution < -0.4 is 9.80 Å². The van der Waals surface area contributed by atoms with Gasteiger partial charge < -0.3 is 9.80 Å². The summed E-state index contributed by atoms with van der Waals surface area (Å²) in [6, 6.07) is 8.59. The van der Waals surface area contributed by atoms with Crippen molar-refractivity contribution in [3.63, 3.8) is 0 Å². The lowest BCUT2D eigenvalue weighted by Crippen LogP contribution is -2.20. The van der Waals surface area contributed by atoms with Crippen molar-refractivity contribution in [3.8, 4) is 0 Å². The van der Waals surface area contributed by atoms with E-state index in [4.69, 9.17) is 0 Å². The summed E-state index contributed by atoms with van der Waals surface area (Å²) in [5, 5.41) is 0. The molecule has 0 saturated heterocycles. The number of hydrogen-bond donors (Lipinski definition) is 0. The molecule has 0 spiro atoms. The summed E-state index contributed by atoms with van der Waals surface area (Å²) in [5.74, 6) is 1.83. The second kappa shape index (κ2) is 6.12. The van der Waals surface area contributed by atoms with E-state index in [-0.39, 0.29) is 0 Å². The Morgan fingerprint density at radius 3 is 2.38 bits per heavy atom. The molecule has 0 radical (unpaired) electrons. The smallest absolute Gasteiger partial charge is 0.135 e. The second-order valence-corrected chi connectivity index (χ2v) is 5.73. The summed E-state index contributed by atoms with van der Waals surface area (Å²) in [5.41, 5.74) is 4.68. The van der Waals surface area contributed by atoms with Crippen molar-refractivity contribution < 1.29 is 0 Å². The predicted molar refractivity (Wildman–Crippen MR) is 89.1 cm³/mol. The maximum Gasteiger partial charge on any atom is 0.135 e. The summed E-state index contributed by atoms with van der Waals surface area (Å²) in [6.07, 6.45) is 0. The van der Waals surface area contributed by atoms with E-state index in [9.17, 15) is 0 Å². The van der Waals surface area contributed by atoms with Crippen LogP contribution >= 0.6 is 0 Å². The van der Waals surface area contributed by atoms with Crippen molar-refractivity contribution in [2.24, 2.45) is 0 Å². The minimum absolute atomic E-state index is 0.821. The van der Waals surface area contributed by atoms with Crippen LogP contribution in [-0.4, -0.2) is 31.1 Å². The minimum Gasteiger partial charge on any atom is -0.378 e. The number of aryl methyl sites for hydroxylation is 2. The van der Waals surface area contributed by atoms with Crippen molar-refractivity contribution >= 4 is 11.5 Å². The predicted octanol–water partition coefficient (Wildman–Crippen LogP) is 3.10. The average Bonchev–Trinajstić information content (AvgIpc) is 2.43. The SMILES string of the molecule is Cc1nc(C)c(C)c(N(C)Cc2cccc(N(C)C)c2)n1. The van der Waals surface area contributed by atoms with Gasteiger partial charge in [0.05, 0.1) is 0 Å². The third-order valence-electron chi connectivity index (χ3n) is 3.68. The molecule has 0 saturated carbocycles. The van der Waals surface area contributed by atoms with Gasteiger partial charge in [-0.15, -0.1) is 0 Å². The maximum atomic E-state index is 4.59. The van der Waals surface area contributed by atoms with Gasteiger partial charge in [0.1, 0.15) is 11.6 Å². The summed E-state index contributed by atoms with van der Waals surface area (Å²) in [6.45, 7) is 6.89. The Balaban J connectivity index is 2.26. The molecule has 0 amide bonds. The summed E-state index contributed by atoms with van der Waals surface area (Å²) in [4.78, 5) is 13.3. The van der Waals surface area contributed by atoms with Crippen LogP contribution in [0.15, 0.2) is 24.3 Å². The molecule has 0 fully saturated rings. The van der Waals surface area contributed by atoms with E-state index < -0.39 is 0 Å². The Morgan fingerprint density at radius 1 is 1.00 bits per heavy atom. The highest BCUT2D eigenvalue weighted by Crippen LogP contribution is 2.21. The largest absolute Gasteiger partial charge is 0.378 e. The molecule has 0 aliphatic carbocycles. The van der Waals surface area contributed by atoms with Gasteiger partial charge in [-0.3, -0.25) is 0 Å². The molecule has 1 heterocycles. The van der Waals surface area contributed by atoms with Gasteiger partial charge in [-0.25, -0.2) is 9.97 Å². The van der Waals surface area contributed by atoms with Crippen molar-refractivity contribution in [2.75, 3.05) is 30.9 Å². The fraction of sp³-hybridized carbons (Fsp3) is 0.412. The van der Waals surface area contributed by atoms with E-state index in [1.165, 1.54) is 11.3 Å². The van der Waals surface area contributed by atoms with Crippen LogP contribution in [0.3, 0.4) is 0 Å². The van der Waals surface area contributed by atoms with Gasteiger partial charge in [-0.2, -0.15) is 0 Å². The highest BCUT2D eigenvalue weighted by molar-refractivity contribution is 5.51. The average molecular weight is 284 g/mol. The molecule has 0 atom stereocenters. The van der Waals surface area contributed by atoms with Crippen molar-refractivity contribution in [3.05, 3.63) is 46.9 Å². The monoisotopic (exact) mass is 284 g/mol. The summed E-state index contributed by atoms with van der Waals surface area (Å²) < 4.78 is 0. The zero-order chi connectivity index (χ0) is 15.6. The highest BCUT2D eigenvalue weighted by atomic mass is 15.2. The van der Waals surface area contributed by atoms with Crippen molar-refractivity contribution in [1.82, 2.24) is 9.97 Å². The molecule has 4 nitrogen and oxygen atoms in total. The lowest BCUT2D eigenvalue weighted by Gasteiger charge is -2.22. The first-order chi connectivity index (χ1) is 9.88. The van der Waals surface area contributed by atoms with Crippen LogP contribution in [-0.2, 0) is 6.54 Å². The van der Waals surface area contributed by atoms with E-state index in [0.717, 1.165) is 29.4 Å². The standard InChI is InChI=1S/C17H24N4/c1-12-13(2)18-14(3)19-17(12)21(6)11-15-8-7-9-16(10-15)20(4)5/h7-10H,11H2,1-6H3. The molecule has 4 heteroatoms. The first-order valence-electron chi connectivity index (χ1n) is 7.17. The van der Waals surface area contributed by atoms with Crippen LogP contribution in [0, 0.1) is 20.8 Å². The van der Waals surface area contributed by atoms with Gasteiger partial charge in [-0.05, 0) is 38.5 Å². The molecule has 2 aromatic rings. The van der Waals surface area contributed by atoms with Crippen molar-refractivity contribution in [1.29, 1.82) is 0 Å². The van der Waals surface area contributed by atoms with E-state index in [0.29, 0.717) is 0 Å². The molecule has 21 heavy (non-hydrogen) atoms. The molecule has 1 aromatic carbocycles. The van der Waals surface area contributed by atoms with Gasteiger partial charge in [0.25, 0.3) is 0 Å². The van der Waals surface area contributed by atoms with Gasteiger partial charge in [0.15, 0.2) is 0 Å². The lowest BCUT2D eigenvalue weighted by atomic mass is 10.1. The summed E-state index contributed by atoms with van der Waals surface area (Å²) in [7, 11) is 6.20. The normalized spacial score (nSPS) is 10.6. The number of rotatable bonds is 4. The summed E-state index contributed by atoms with van der Waals surface area (Å²) >= 11 is 0. The van der Waals surface area contributed by atoms with Crippen LogP contribution in [0.2, 0.25) is 0 Å². The first kappa shape index (κ1) is 15.3. The van der Waals surface area contributed by atoms with Crippen LogP contribution in [0.5, 0.6) is 0 Å². The number of anilines is 2. The third kappa shape index (κ3) is 3.51. The molecular formula is C17H24N4. The molecule has 0 N–H and O–H groups in total. The number of hydrogen-bond acceptors (Lipinski definition) is 4. The van der Waals surface area contributed by atoms with E-state index in [2.05, 4.69) is 72.1 Å². The molecule has 0 aliphatic rings. The molecule has 0 unspecified atom stereocenters.